The first-order chi connectivity index (χ1) is 11.4. The maximum absolute atomic E-state index is 9.32. The molecule has 0 atom stereocenters. The van der Waals surface area contributed by atoms with Gasteiger partial charge < -0.3 is 105 Å². The van der Waals surface area contributed by atoms with Crippen LogP contribution in [0.2, 0.25) is 0 Å². The molecule has 0 N–H and O–H groups in total. The predicted octanol–water partition coefficient (Wildman–Crippen LogP) is -15.0. The van der Waals surface area contributed by atoms with Crippen LogP contribution in [0.25, 0.3) is 0 Å². The second-order valence-electron chi connectivity index (χ2n) is 2.85. The zero-order valence-electron chi connectivity index (χ0n) is 16.6. The predicted molar refractivity (Wildman–Crippen MR) is 88.1 cm³/mol. The summed E-state index contributed by atoms with van der Waals surface area (Å²) in [5.74, 6) is 0. The van der Waals surface area contributed by atoms with Crippen molar-refractivity contribution >= 4 is 365 Å². The summed E-state index contributed by atoms with van der Waals surface area (Å²) >= 11 is 0. The van der Waals surface area contributed by atoms with Crippen molar-refractivity contribution in [3.05, 3.63) is 0 Å². The summed E-state index contributed by atoms with van der Waals surface area (Å²) in [7, 11) is -33.5. The Balaban J connectivity index is -0.0000000235. The fourth-order valence-electron chi connectivity index (χ4n) is 0.245. The molecule has 0 spiro atoms. The molecule has 0 fully saturated rings. The standard InChI is InChI=1S/2H4O7P2.2H3O4P.7Sr/c2*1-8(2,3)7-9(4,5)6;2*1-5(2,3)4;;;;;;;/h2*(H2,1,2,3)(H2,4,5,6);2*(H3,1,2,3,4);;;;;;;/q;;;;7*+2/p-14. The molecule has 0 aliphatic carbocycles. The van der Waals surface area contributed by atoms with Gasteiger partial charge in [-0.1, -0.05) is 0 Å². The Hall–Kier alpha value is 11.1. The third-order valence-electron chi connectivity index (χ3n) is 0.400. The molecule has 0 heterocycles. The van der Waals surface area contributed by atoms with Gasteiger partial charge in [0.15, 0.2) is 0 Å². The molecule has 0 aromatic rings. The van der Waals surface area contributed by atoms with Crippen LogP contribution in [0.15, 0.2) is 0 Å². The third kappa shape index (κ3) is 157. The first-order valence-corrected chi connectivity index (χ1v) is 13.1. The number of hydrogen-bond acceptors (Lipinski definition) is 22. The minimum Gasteiger partial charge on any atom is -0.822 e. The molecule has 0 aromatic carbocycles. The van der Waals surface area contributed by atoms with Crippen molar-refractivity contribution in [2.24, 2.45) is 0 Å². The van der Waals surface area contributed by atoms with Crippen molar-refractivity contribution in [1.82, 2.24) is 0 Å². The molecule has 22 nitrogen and oxygen atoms in total. The Morgan fingerprint density at radius 1 is 0.286 bits per heavy atom. The monoisotopic (exact) mass is 1150 g/mol. The van der Waals surface area contributed by atoms with Crippen molar-refractivity contribution in [3.63, 3.8) is 0 Å². The Morgan fingerprint density at radius 2 is 0.343 bits per heavy atom. The van der Waals surface area contributed by atoms with Gasteiger partial charge >= 0.3 is 318 Å². The van der Waals surface area contributed by atoms with Crippen molar-refractivity contribution < 1.29 is 105 Å². The first kappa shape index (κ1) is 76.1. The van der Waals surface area contributed by atoms with E-state index in [9.17, 15) is 57.4 Å². The maximum atomic E-state index is 9.32. The topological polar surface area (TPSA) is 444 Å². The Morgan fingerprint density at radius 3 is 0.343 bits per heavy atom. The molecule has 0 amide bonds. The first-order valence-electron chi connectivity index (χ1n) is 4.38. The van der Waals surface area contributed by atoms with Crippen molar-refractivity contribution in [2.75, 3.05) is 0 Å². The molecule has 0 saturated heterocycles. The van der Waals surface area contributed by atoms with E-state index < -0.39 is 46.9 Å². The van der Waals surface area contributed by atoms with Crippen molar-refractivity contribution in [2.45, 2.75) is 0 Å². The van der Waals surface area contributed by atoms with Crippen LogP contribution in [0.5, 0.6) is 0 Å². The fourth-order valence-corrected chi connectivity index (χ4v) is 2.20. The van der Waals surface area contributed by atoms with Gasteiger partial charge in [0.25, 0.3) is 0 Å². The van der Waals surface area contributed by atoms with Crippen LogP contribution in [0, 0.1) is 0 Å². The summed E-state index contributed by atoms with van der Waals surface area (Å²) in [5, 5.41) is 0. The molecule has 0 aliphatic heterocycles. The van der Waals surface area contributed by atoms with Gasteiger partial charge in [-0.2, -0.15) is 15.6 Å². The van der Waals surface area contributed by atoms with E-state index in [4.69, 9.17) is 38.5 Å². The summed E-state index contributed by atoms with van der Waals surface area (Å²) in [6.07, 6.45) is 0. The van der Waals surface area contributed by atoms with Gasteiger partial charge in [0.1, 0.15) is 0 Å². The second-order valence-corrected chi connectivity index (χ2v) is 9.52. The van der Waals surface area contributed by atoms with E-state index in [1.807, 2.05) is 0 Å². The fraction of sp³-hybridized carbons (Fsp3) is 0. The van der Waals surface area contributed by atoms with Gasteiger partial charge in [0, 0.05) is 0 Å². The smallest absolute Gasteiger partial charge is 0.822 e. The SMILES string of the molecule is O=P([O-])([O-])OP(=O)([O-])[O-].O=P([O-])([O-])OP(=O)([O-])[O-].O=P([O-])([O-])[O-].O=P([O-])([O-])[O-].[Sr+2].[Sr+2].[Sr+2].[Sr+2].[Sr+2].[Sr+2].[Sr+2]. The largest absolute Gasteiger partial charge is 2.00 e. The molecule has 176 valence electrons. The van der Waals surface area contributed by atoms with Crippen LogP contribution >= 0.6 is 46.9 Å². The van der Waals surface area contributed by atoms with Crippen LogP contribution < -0.4 is 68.5 Å². The third-order valence-corrected chi connectivity index (χ3v) is 3.60. The van der Waals surface area contributed by atoms with E-state index in [0.29, 0.717) is 0 Å². The van der Waals surface area contributed by atoms with Crippen molar-refractivity contribution in [3.8, 4) is 0 Å². The number of hydrogen-bond donors (Lipinski definition) is 0. The molecule has 0 unspecified atom stereocenters. The summed E-state index contributed by atoms with van der Waals surface area (Å²) in [6, 6.07) is 0. The zero-order valence-corrected chi connectivity index (χ0v) is 46.3. The molecule has 0 aromatic heterocycles. The van der Waals surface area contributed by atoms with Crippen LogP contribution in [0.4, 0.5) is 0 Å². The van der Waals surface area contributed by atoms with E-state index in [1.165, 1.54) is 0 Å². The number of rotatable bonds is 4. The van der Waals surface area contributed by atoms with E-state index >= 15 is 0 Å². The number of phosphoric acid groups is 6. The quantitative estimate of drug-likeness (QED) is 0.186. The van der Waals surface area contributed by atoms with Crippen LogP contribution in [-0.4, -0.2) is 318 Å². The molecule has 0 saturated carbocycles. The van der Waals surface area contributed by atoms with Gasteiger partial charge in [-0.25, -0.2) is 0 Å². The van der Waals surface area contributed by atoms with Crippen LogP contribution in [-0.2, 0) is 36.0 Å². The minimum absolute atomic E-state index is 0. The van der Waals surface area contributed by atoms with Gasteiger partial charge in [-0.3, -0.25) is 0 Å². The molecule has 0 rings (SSSR count). The molecule has 35 heavy (non-hydrogen) atoms. The zero-order chi connectivity index (χ0) is 24.4. The average Bonchev–Trinajstić information content (AvgIpc) is 1.95. The molecule has 35 heteroatoms. The Kier molecular flexibility index (Phi) is 79.1. The van der Waals surface area contributed by atoms with E-state index in [1.54, 1.807) is 0 Å². The van der Waals surface area contributed by atoms with Gasteiger partial charge in [0.2, 0.25) is 0 Å². The Labute approximate surface area is 456 Å². The summed E-state index contributed by atoms with van der Waals surface area (Å²) in [5.41, 5.74) is 0. The minimum atomic E-state index is -5.68. The van der Waals surface area contributed by atoms with Gasteiger partial charge in [0.05, 0.1) is 31.3 Å². The second kappa shape index (κ2) is 36.4. The molecule has 0 aliphatic rings. The van der Waals surface area contributed by atoms with Gasteiger partial charge in [-0.05, 0) is 0 Å². The van der Waals surface area contributed by atoms with Gasteiger partial charge in [-0.15, -0.1) is 0 Å². The maximum Gasteiger partial charge on any atom is 2.00 e. The normalized spacial score (nSPS) is 10.5. The van der Waals surface area contributed by atoms with Crippen LogP contribution in [0.1, 0.15) is 0 Å². The molecular weight excluding hydrogens is 1150 g/mol. The van der Waals surface area contributed by atoms with E-state index in [0.717, 1.165) is 0 Å². The molecule has 0 radical (unpaired) electrons. The molecule has 0 bridgehead atoms. The summed E-state index contributed by atoms with van der Waals surface area (Å²) in [6.45, 7) is 0. The Bertz CT molecular complexity index is 594. The van der Waals surface area contributed by atoms with Crippen LogP contribution in [0.3, 0.4) is 0 Å². The van der Waals surface area contributed by atoms with Crippen molar-refractivity contribution in [1.29, 1.82) is 0 Å². The van der Waals surface area contributed by atoms with E-state index in [-0.39, 0.29) is 318 Å². The summed E-state index contributed by atoms with van der Waals surface area (Å²) < 4.78 is 59.4. The molecular formula is O22P6Sr7. The average molecular weight is 1150 g/mol. The van der Waals surface area contributed by atoms with E-state index in [2.05, 4.69) is 8.62 Å². The summed E-state index contributed by atoms with van der Waals surface area (Å²) in [4.78, 5) is 126.